The van der Waals surface area contributed by atoms with Gasteiger partial charge in [-0.25, -0.2) is 9.79 Å². The van der Waals surface area contributed by atoms with Gasteiger partial charge in [-0.2, -0.15) is 0 Å². The number of benzene rings is 2. The van der Waals surface area contributed by atoms with Crippen molar-refractivity contribution in [1.82, 2.24) is 4.57 Å². The molecule has 1 aromatic heterocycles. The number of allylic oxidation sites excluding steroid dienone is 1. The highest BCUT2D eigenvalue weighted by Crippen LogP contribution is 2.31. The maximum Gasteiger partial charge on any atom is 0.338 e. The van der Waals surface area contributed by atoms with Crippen molar-refractivity contribution in [2.45, 2.75) is 33.7 Å². The van der Waals surface area contributed by atoms with Crippen molar-refractivity contribution in [3.63, 3.8) is 0 Å². The monoisotopic (exact) mass is 520 g/mol. The zero-order chi connectivity index (χ0) is 26.7. The molecule has 2 aromatic carbocycles. The molecule has 0 aliphatic carbocycles. The fraction of sp³-hybridized carbons (Fsp3) is 0.222. The minimum Gasteiger partial charge on any atom is -0.463 e. The predicted octanol–water partition coefficient (Wildman–Crippen LogP) is 2.65. The van der Waals surface area contributed by atoms with Gasteiger partial charge in [0.25, 0.3) is 5.56 Å². The van der Waals surface area contributed by atoms with E-state index in [4.69, 9.17) is 14.2 Å². The van der Waals surface area contributed by atoms with Gasteiger partial charge in [-0.05, 0) is 43.7 Å². The van der Waals surface area contributed by atoms with E-state index in [-0.39, 0.29) is 17.7 Å². The molecule has 1 aliphatic rings. The lowest BCUT2D eigenvalue weighted by atomic mass is 9.96. The van der Waals surface area contributed by atoms with Crippen LogP contribution in [0.1, 0.15) is 44.9 Å². The molecule has 9 nitrogen and oxygen atoms in total. The van der Waals surface area contributed by atoms with Crippen LogP contribution in [0.5, 0.6) is 11.5 Å². The van der Waals surface area contributed by atoms with Gasteiger partial charge < -0.3 is 14.2 Å². The van der Waals surface area contributed by atoms with Crippen molar-refractivity contribution in [3.05, 3.63) is 90.6 Å². The van der Waals surface area contributed by atoms with Crippen LogP contribution in [0.2, 0.25) is 0 Å². The van der Waals surface area contributed by atoms with Gasteiger partial charge in [-0.1, -0.05) is 41.7 Å². The molecule has 0 bridgehead atoms. The summed E-state index contributed by atoms with van der Waals surface area (Å²) in [7, 11) is 0. The van der Waals surface area contributed by atoms with Gasteiger partial charge in [0.1, 0.15) is 11.5 Å². The number of nitrogens with zero attached hydrogens (tertiary/aromatic N) is 2. The van der Waals surface area contributed by atoms with Gasteiger partial charge >= 0.3 is 17.9 Å². The molecule has 0 unspecified atom stereocenters. The van der Waals surface area contributed by atoms with E-state index < -0.39 is 23.9 Å². The van der Waals surface area contributed by atoms with E-state index in [0.29, 0.717) is 37.7 Å². The summed E-state index contributed by atoms with van der Waals surface area (Å²) in [6.45, 7) is 6.16. The molecular formula is C27H24N2O7S. The number of thiazole rings is 1. The molecule has 1 atom stereocenters. The van der Waals surface area contributed by atoms with Crippen LogP contribution in [-0.4, -0.2) is 29.1 Å². The Morgan fingerprint density at radius 1 is 1.03 bits per heavy atom. The standard InChI is InChI=1S/C27H24N2O7S/c1-5-34-26(33)23-15(2)28-27-29(24(23)18-10-12-20(13-11-18)35-16(3)30)25(32)22(37-27)14-19-8-6-7-9-21(19)36-17(4)31/h6-14,24H,5H2,1-4H3/b22-14+/t24-/m1/s1. The molecule has 0 spiro atoms. The first-order valence-corrected chi connectivity index (χ1v) is 12.3. The Morgan fingerprint density at radius 2 is 1.70 bits per heavy atom. The molecule has 0 amide bonds. The van der Waals surface area contributed by atoms with Gasteiger partial charge in [0.2, 0.25) is 0 Å². The number of ether oxygens (including phenoxy) is 3. The third-order valence-corrected chi connectivity index (χ3v) is 6.42. The first-order chi connectivity index (χ1) is 17.7. The maximum atomic E-state index is 13.7. The number of carbonyl (C=O) groups excluding carboxylic acids is 3. The van der Waals surface area contributed by atoms with E-state index >= 15 is 0 Å². The molecule has 0 radical (unpaired) electrons. The van der Waals surface area contributed by atoms with E-state index in [2.05, 4.69) is 4.99 Å². The van der Waals surface area contributed by atoms with Crippen LogP contribution >= 0.6 is 11.3 Å². The molecule has 37 heavy (non-hydrogen) atoms. The van der Waals surface area contributed by atoms with E-state index in [9.17, 15) is 19.2 Å². The van der Waals surface area contributed by atoms with Crippen LogP contribution in [0.4, 0.5) is 0 Å². The van der Waals surface area contributed by atoms with Gasteiger partial charge in [-0.3, -0.25) is 19.0 Å². The fourth-order valence-corrected chi connectivity index (χ4v) is 5.02. The second-order valence-corrected chi connectivity index (χ2v) is 9.11. The van der Waals surface area contributed by atoms with Crippen LogP contribution in [0, 0.1) is 0 Å². The van der Waals surface area contributed by atoms with Crippen LogP contribution in [0.15, 0.2) is 69.6 Å². The molecule has 0 saturated carbocycles. The van der Waals surface area contributed by atoms with Crippen molar-refractivity contribution >= 4 is 35.3 Å². The number of hydrogen-bond donors (Lipinski definition) is 0. The normalized spacial score (nSPS) is 15.0. The van der Waals surface area contributed by atoms with Gasteiger partial charge in [-0.15, -0.1) is 0 Å². The van der Waals surface area contributed by atoms with Crippen molar-refractivity contribution in [1.29, 1.82) is 0 Å². The van der Waals surface area contributed by atoms with Crippen molar-refractivity contribution in [2.24, 2.45) is 4.99 Å². The molecule has 0 fully saturated rings. The van der Waals surface area contributed by atoms with Crippen molar-refractivity contribution in [3.8, 4) is 11.5 Å². The topological polar surface area (TPSA) is 113 Å². The van der Waals surface area contributed by atoms with E-state index in [1.54, 1.807) is 68.5 Å². The molecule has 2 heterocycles. The quantitative estimate of drug-likeness (QED) is 0.363. The molecule has 0 N–H and O–H groups in total. The van der Waals surface area contributed by atoms with E-state index in [1.807, 2.05) is 0 Å². The Hall–Kier alpha value is -4.31. The van der Waals surface area contributed by atoms with Gasteiger partial charge in [0.15, 0.2) is 4.80 Å². The Labute approximate surface area is 215 Å². The highest BCUT2D eigenvalue weighted by molar-refractivity contribution is 7.07. The van der Waals surface area contributed by atoms with Crippen molar-refractivity contribution in [2.75, 3.05) is 6.61 Å². The maximum absolute atomic E-state index is 13.7. The number of para-hydroxylation sites is 1. The summed E-state index contributed by atoms with van der Waals surface area (Å²) in [5.41, 5.74) is 1.46. The number of hydrogen-bond acceptors (Lipinski definition) is 9. The molecule has 10 heteroatoms. The van der Waals surface area contributed by atoms with Crippen LogP contribution in [0.25, 0.3) is 6.08 Å². The average molecular weight is 521 g/mol. The SMILES string of the molecule is CCOC(=O)C1=C(C)N=c2s/c(=C/c3ccccc3OC(C)=O)c(=O)n2[C@@H]1c1ccc(OC(C)=O)cc1. The minimum absolute atomic E-state index is 0.158. The van der Waals surface area contributed by atoms with Crippen molar-refractivity contribution < 1.29 is 28.6 Å². The molecular weight excluding hydrogens is 496 g/mol. The molecule has 190 valence electrons. The fourth-order valence-electron chi connectivity index (χ4n) is 3.98. The third kappa shape index (κ3) is 5.44. The van der Waals surface area contributed by atoms with Crippen LogP contribution < -0.4 is 24.4 Å². The number of aromatic nitrogens is 1. The summed E-state index contributed by atoms with van der Waals surface area (Å²) in [6.07, 6.45) is 1.63. The van der Waals surface area contributed by atoms with E-state index in [1.165, 1.54) is 18.4 Å². The summed E-state index contributed by atoms with van der Waals surface area (Å²) in [5, 5.41) is 0. The second-order valence-electron chi connectivity index (χ2n) is 8.10. The Kier molecular flexibility index (Phi) is 7.49. The smallest absolute Gasteiger partial charge is 0.338 e. The Morgan fingerprint density at radius 3 is 2.35 bits per heavy atom. The van der Waals surface area contributed by atoms with Crippen LogP contribution in [-0.2, 0) is 19.1 Å². The van der Waals surface area contributed by atoms with Crippen LogP contribution in [0.3, 0.4) is 0 Å². The Balaban J connectivity index is 1.91. The number of rotatable bonds is 6. The summed E-state index contributed by atoms with van der Waals surface area (Å²) < 4.78 is 17.5. The van der Waals surface area contributed by atoms with E-state index in [0.717, 1.165) is 11.3 Å². The first-order valence-electron chi connectivity index (χ1n) is 11.4. The molecule has 3 aromatic rings. The molecule has 1 aliphatic heterocycles. The average Bonchev–Trinajstić information content (AvgIpc) is 3.14. The summed E-state index contributed by atoms with van der Waals surface area (Å²) in [4.78, 5) is 54.5. The first kappa shape index (κ1) is 25.8. The summed E-state index contributed by atoms with van der Waals surface area (Å²) in [5.74, 6) is -0.856. The summed E-state index contributed by atoms with van der Waals surface area (Å²) in [6, 6.07) is 12.6. The lowest BCUT2D eigenvalue weighted by Gasteiger charge is -2.24. The number of fused-ring (bicyclic) bond motifs is 1. The zero-order valence-corrected chi connectivity index (χ0v) is 21.5. The largest absolute Gasteiger partial charge is 0.463 e. The lowest BCUT2D eigenvalue weighted by Crippen LogP contribution is -2.39. The zero-order valence-electron chi connectivity index (χ0n) is 20.6. The highest BCUT2D eigenvalue weighted by Gasteiger charge is 2.33. The van der Waals surface area contributed by atoms with Gasteiger partial charge in [0, 0.05) is 19.4 Å². The second kappa shape index (κ2) is 10.8. The molecule has 0 saturated heterocycles. The minimum atomic E-state index is -0.812. The predicted molar refractivity (Wildman–Crippen MR) is 136 cm³/mol. The molecule has 4 rings (SSSR count). The lowest BCUT2D eigenvalue weighted by molar-refractivity contribution is -0.139. The summed E-state index contributed by atoms with van der Waals surface area (Å²) >= 11 is 1.16. The van der Waals surface area contributed by atoms with Gasteiger partial charge in [0.05, 0.1) is 28.5 Å². The number of carbonyl (C=O) groups is 3. The number of esters is 3. The Bertz CT molecular complexity index is 1600. The highest BCUT2D eigenvalue weighted by atomic mass is 32.1. The third-order valence-electron chi connectivity index (χ3n) is 5.43.